The average molecular weight is 1880 g/mol. The third kappa shape index (κ3) is 20.4. The molecule has 0 spiro atoms. The summed E-state index contributed by atoms with van der Waals surface area (Å²) in [6.07, 6.45) is 15.3. The van der Waals surface area contributed by atoms with Crippen LogP contribution >= 0.6 is 80.9 Å². The summed E-state index contributed by atoms with van der Waals surface area (Å²) in [6, 6.07) is 24.1. The van der Waals surface area contributed by atoms with Gasteiger partial charge in [0.1, 0.15) is 93.7 Å². The number of anilines is 15. The van der Waals surface area contributed by atoms with Crippen LogP contribution in [0.2, 0.25) is 30.1 Å². The van der Waals surface area contributed by atoms with E-state index in [1.807, 2.05) is 12.3 Å². The van der Waals surface area contributed by atoms with Gasteiger partial charge in [0, 0.05) is 83.3 Å². The van der Waals surface area contributed by atoms with Gasteiger partial charge in [0.05, 0.1) is 132 Å². The Balaban J connectivity index is 0.000000164. The van der Waals surface area contributed by atoms with E-state index in [1.165, 1.54) is 102 Å². The van der Waals surface area contributed by atoms with E-state index in [4.69, 9.17) is 124 Å². The van der Waals surface area contributed by atoms with E-state index in [9.17, 15) is 28.8 Å². The fourth-order valence-electron chi connectivity index (χ4n) is 14.2. The van der Waals surface area contributed by atoms with Crippen LogP contribution in [0.5, 0.6) is 34.5 Å². The Morgan fingerprint density at radius 3 is 1.15 bits per heavy atom. The van der Waals surface area contributed by atoms with Crippen molar-refractivity contribution in [1.29, 1.82) is 0 Å². The number of hydrogen-bond acceptors (Lipinski definition) is 27. The molecule has 6 aromatic heterocycles. The van der Waals surface area contributed by atoms with Crippen LogP contribution in [-0.2, 0) is 53.7 Å². The van der Waals surface area contributed by atoms with Gasteiger partial charge in [0.15, 0.2) is 0 Å². The summed E-state index contributed by atoms with van der Waals surface area (Å²) in [7, 11) is 8.77. The van der Waals surface area contributed by atoms with Gasteiger partial charge in [-0.15, -0.1) is 11.3 Å². The maximum Gasteiger partial charge on any atom is 0.330 e. The van der Waals surface area contributed by atoms with Crippen LogP contribution in [0.3, 0.4) is 0 Å². The van der Waals surface area contributed by atoms with Crippen molar-refractivity contribution in [3.05, 3.63) is 234 Å². The number of halogens is 6. The minimum absolute atomic E-state index is 0.0468. The number of nitrogens with zero attached hydrogens (tertiary/aromatic N) is 15. The number of hydrogen-bond donors (Lipinski definition) is 8. The van der Waals surface area contributed by atoms with Crippen molar-refractivity contribution in [1.82, 2.24) is 50.2 Å². The minimum Gasteiger partial charge on any atom is -0.495 e. The molecule has 3 aliphatic heterocycles. The molecule has 2 atom stereocenters. The number of aromatic nitrogens is 9. The number of methoxy groups -OCH3 is 6. The Labute approximate surface area is 768 Å². The zero-order valence-electron chi connectivity index (χ0n) is 69.6. The zero-order valence-corrected chi connectivity index (χ0v) is 75.0. The standard InChI is InChI=1S/C29H32Cl2N8O4.C29H26Cl2N8O4.C28H25Cl2N7O4S/c2*1-4-23(40)35-18-7-5-6-8-19(18)36-28-34-13-17-15-38(26-24(30)20(42-2)12-21(43-3)25(26)31)29(41)39(27(17)37-28)14-16-9-10-33-22(32)11-16;1-5-22(38)33-18-8-6-7-9-19(18)34-27-31-11-16-12-36(25-23(29)20(40-3)10-21(41-4)24(25)30)28(39)37(26(16)35-27)13-17-14-42-15(2)32-17/h4,9-13,18-19H,1,5-8,14-15H2,2-3H3,(H2,32,33)(H,35,40)(H,34,36,37);4-13H,1,14-15H2,2-3H3,(H2,32,33)(H,35,40)(H,34,36,37);5-11,14H,1,12-13H2,2-4H3,(H,33,38)(H,31,34,35). The topological polar surface area (TPSA) is 417 Å². The summed E-state index contributed by atoms with van der Waals surface area (Å²) in [5, 5.41) is 21.8. The molecule has 0 bridgehead atoms. The molecule has 9 heterocycles. The molecule has 662 valence electrons. The fraction of sp³-hybridized carbons (Fsp3) is 0.221. The van der Waals surface area contributed by atoms with Crippen LogP contribution in [0.4, 0.5) is 101 Å². The molecule has 4 aliphatic rings. The van der Waals surface area contributed by atoms with Gasteiger partial charge in [-0.2, -0.15) is 15.0 Å². The molecule has 5 aromatic carbocycles. The first-order valence-electron chi connectivity index (χ1n) is 39.0. The number of nitrogens with two attached hydrogens (primary N) is 2. The van der Waals surface area contributed by atoms with Crippen LogP contribution in [0, 0.1) is 6.92 Å². The largest absolute Gasteiger partial charge is 0.495 e. The van der Waals surface area contributed by atoms with E-state index >= 15 is 0 Å². The van der Waals surface area contributed by atoms with Gasteiger partial charge in [-0.3, -0.25) is 43.8 Å². The first-order valence-corrected chi connectivity index (χ1v) is 42.1. The fourth-order valence-corrected chi connectivity index (χ4v) is 16.9. The van der Waals surface area contributed by atoms with Gasteiger partial charge in [0.25, 0.3) is 0 Å². The Morgan fingerprint density at radius 1 is 0.461 bits per heavy atom. The van der Waals surface area contributed by atoms with Crippen molar-refractivity contribution in [3.8, 4) is 34.5 Å². The third-order valence-electron chi connectivity index (χ3n) is 20.3. The van der Waals surface area contributed by atoms with Crippen molar-refractivity contribution >= 4 is 204 Å². The molecular weight excluding hydrogens is 1790 g/mol. The van der Waals surface area contributed by atoms with Gasteiger partial charge in [-0.05, 0) is 97.7 Å². The molecule has 1 saturated carbocycles. The summed E-state index contributed by atoms with van der Waals surface area (Å²) >= 11 is 41.7. The number of ether oxygens (including phenoxy) is 6. The Bertz CT molecular complexity index is 6060. The quantitative estimate of drug-likeness (QED) is 0.0222. The highest BCUT2D eigenvalue weighted by Crippen LogP contribution is 2.52. The second-order valence-electron chi connectivity index (χ2n) is 28.4. The maximum atomic E-state index is 14.3. The van der Waals surface area contributed by atoms with Crippen LogP contribution in [0.15, 0.2) is 165 Å². The molecule has 128 heavy (non-hydrogen) atoms. The second kappa shape index (κ2) is 41.1. The molecule has 42 heteroatoms. The van der Waals surface area contributed by atoms with Gasteiger partial charge < -0.3 is 71.8 Å². The van der Waals surface area contributed by atoms with E-state index in [1.54, 1.807) is 122 Å². The third-order valence-corrected chi connectivity index (χ3v) is 23.3. The number of thiazole rings is 1. The van der Waals surface area contributed by atoms with Crippen molar-refractivity contribution in [2.24, 2.45) is 0 Å². The number of pyridine rings is 2. The number of carbonyl (C=O) groups excluding carboxylic acids is 6. The van der Waals surface area contributed by atoms with E-state index in [-0.39, 0.29) is 140 Å². The van der Waals surface area contributed by atoms with Gasteiger partial charge >= 0.3 is 18.1 Å². The van der Waals surface area contributed by atoms with Gasteiger partial charge in [-0.25, -0.2) is 44.3 Å². The monoisotopic (exact) mass is 1870 g/mol. The molecule has 35 nitrogen and oxygen atoms in total. The van der Waals surface area contributed by atoms with Crippen LogP contribution in [-0.4, -0.2) is 135 Å². The van der Waals surface area contributed by atoms with Gasteiger partial charge in [-0.1, -0.05) is 126 Å². The predicted octanol–water partition coefficient (Wildman–Crippen LogP) is 17.3. The van der Waals surface area contributed by atoms with Crippen molar-refractivity contribution in [3.63, 3.8) is 0 Å². The predicted molar refractivity (Wildman–Crippen MR) is 497 cm³/mol. The molecule has 1 fully saturated rings. The normalized spacial score (nSPS) is 14.4. The molecule has 0 radical (unpaired) electrons. The molecule has 0 saturated heterocycles. The number of rotatable bonds is 27. The molecule has 2 unspecified atom stereocenters. The number of carbonyl (C=O) groups is 6. The first kappa shape index (κ1) is 91.9. The van der Waals surface area contributed by atoms with E-state index in [0.717, 1.165) is 36.3 Å². The Kier molecular flexibility index (Phi) is 29.5. The highest BCUT2D eigenvalue weighted by atomic mass is 35.5. The molecule has 15 rings (SSSR count). The Hall–Kier alpha value is -13.8. The van der Waals surface area contributed by atoms with E-state index in [0.29, 0.717) is 109 Å². The van der Waals surface area contributed by atoms with E-state index in [2.05, 4.69) is 81.5 Å². The molecular formula is C86H83Cl6N23O12S. The summed E-state index contributed by atoms with van der Waals surface area (Å²) in [5.41, 5.74) is 18.7. The maximum absolute atomic E-state index is 14.3. The lowest BCUT2D eigenvalue weighted by atomic mass is 9.90. The highest BCUT2D eigenvalue weighted by molar-refractivity contribution is 7.09. The average Bonchev–Trinajstić information content (AvgIpc) is 0.806. The molecule has 1 aliphatic carbocycles. The lowest BCUT2D eigenvalue weighted by molar-refractivity contribution is -0.117. The van der Waals surface area contributed by atoms with Crippen LogP contribution in [0.25, 0.3) is 0 Å². The lowest BCUT2D eigenvalue weighted by Gasteiger charge is -2.37. The van der Waals surface area contributed by atoms with Crippen molar-refractivity contribution in [2.75, 3.05) is 110 Å². The summed E-state index contributed by atoms with van der Waals surface area (Å²) in [6.45, 7) is 13.0. The number of fused-ring (bicyclic) bond motifs is 3. The highest BCUT2D eigenvalue weighted by Gasteiger charge is 2.42. The van der Waals surface area contributed by atoms with Crippen LogP contribution in [0.1, 0.15) is 64.2 Å². The second-order valence-corrected chi connectivity index (χ2v) is 31.7. The minimum atomic E-state index is -0.467. The number of nitrogen functional groups attached to an aromatic ring is 2. The van der Waals surface area contributed by atoms with Crippen molar-refractivity contribution < 1.29 is 57.2 Å². The SMILES string of the molecule is C=CC(=O)NC1CCCCC1Nc1ncc2c(n1)N(Cc1ccnc(N)c1)C(=O)N(c1c(Cl)c(OC)cc(OC)c1Cl)C2.C=CC(=O)Nc1ccccc1Nc1ncc2c(n1)N(Cc1ccnc(N)c1)C(=O)N(c1c(Cl)c(OC)cc(OC)c1Cl)C2.C=CC(=O)Nc1ccccc1Nc1ncc2c(n1)N(Cc1csc(C)n1)C(=O)N(c1c(Cl)c(OC)cc(OC)c1Cl)C2. The summed E-state index contributed by atoms with van der Waals surface area (Å²) < 4.78 is 32.6. The lowest BCUT2D eigenvalue weighted by Crippen LogP contribution is -2.49. The zero-order chi connectivity index (χ0) is 91.3. The number of para-hydroxylation sites is 4. The first-order chi connectivity index (χ1) is 61.7. The molecule has 11 aromatic rings. The Morgan fingerprint density at radius 2 is 0.805 bits per heavy atom. The molecule has 9 amide bonds. The number of nitrogens with one attached hydrogen (secondary N) is 6. The van der Waals surface area contributed by atoms with E-state index < -0.39 is 18.1 Å². The van der Waals surface area contributed by atoms with Crippen LogP contribution < -0.4 is 101 Å². The number of amides is 9. The molecule has 10 N–H and O–H groups in total. The smallest absolute Gasteiger partial charge is 0.330 e. The van der Waals surface area contributed by atoms with Crippen molar-refractivity contribution in [2.45, 2.75) is 84.0 Å². The number of urea groups is 3. The number of benzene rings is 5. The van der Waals surface area contributed by atoms with Gasteiger partial charge in [0.2, 0.25) is 35.6 Å². The summed E-state index contributed by atoms with van der Waals surface area (Å²) in [5.74, 6) is 3.29. The summed E-state index contributed by atoms with van der Waals surface area (Å²) in [4.78, 5) is 128. The number of aryl methyl sites for hydroxylation is 1.